The highest BCUT2D eigenvalue weighted by atomic mass is 35.5. The standard InChI is InChI=1S/C26H26Cl2N6O/c1-15-13-34(14-16(2)33(15)3)23-11-9-18(24(28)32-23)26(35)29-17-8-10-20(27)19(12-17)25-30-21-6-4-5-7-22(21)31-25/h4-12,15-16H,13-14H2,1-3H3,(H,29,35)(H,30,31)/t15-,16+. The van der Waals surface area contributed by atoms with Crippen LogP contribution in [0.15, 0.2) is 54.6 Å². The number of imidazole rings is 1. The largest absolute Gasteiger partial charge is 0.353 e. The first-order valence-electron chi connectivity index (χ1n) is 11.5. The van der Waals surface area contributed by atoms with Gasteiger partial charge in [-0.3, -0.25) is 9.69 Å². The molecule has 1 aliphatic rings. The Morgan fingerprint density at radius 2 is 1.77 bits per heavy atom. The maximum Gasteiger partial charge on any atom is 0.258 e. The molecule has 180 valence electrons. The third-order valence-electron chi connectivity index (χ3n) is 6.63. The molecule has 2 aromatic carbocycles. The van der Waals surface area contributed by atoms with Crippen molar-refractivity contribution in [3.63, 3.8) is 0 Å². The molecule has 3 heterocycles. The molecule has 0 radical (unpaired) electrons. The topological polar surface area (TPSA) is 77.1 Å². The molecular formula is C26H26Cl2N6O. The Hall–Kier alpha value is -3.13. The van der Waals surface area contributed by atoms with Gasteiger partial charge in [0.2, 0.25) is 0 Å². The summed E-state index contributed by atoms with van der Waals surface area (Å²) in [5.41, 5.74) is 3.34. The average molecular weight is 509 g/mol. The molecule has 2 aromatic heterocycles. The first-order valence-corrected chi connectivity index (χ1v) is 12.2. The molecule has 0 bridgehead atoms. The lowest BCUT2D eigenvalue weighted by molar-refractivity contribution is 0.102. The van der Waals surface area contributed by atoms with E-state index in [9.17, 15) is 4.79 Å². The predicted octanol–water partition coefficient (Wildman–Crippen LogP) is 5.71. The molecule has 1 aliphatic heterocycles. The number of likely N-dealkylation sites (N-methyl/N-ethyl adjacent to an activating group) is 1. The summed E-state index contributed by atoms with van der Waals surface area (Å²) in [6.07, 6.45) is 0. The van der Waals surface area contributed by atoms with E-state index >= 15 is 0 Å². The number of nitrogens with one attached hydrogen (secondary N) is 2. The minimum atomic E-state index is -0.341. The summed E-state index contributed by atoms with van der Waals surface area (Å²) >= 11 is 12.9. The lowest BCUT2D eigenvalue weighted by atomic mass is 10.1. The smallest absolute Gasteiger partial charge is 0.258 e. The Bertz CT molecular complexity index is 1360. The monoisotopic (exact) mass is 508 g/mol. The lowest BCUT2D eigenvalue weighted by Gasteiger charge is -2.43. The summed E-state index contributed by atoms with van der Waals surface area (Å²) in [5, 5.41) is 3.61. The van der Waals surface area contributed by atoms with Crippen LogP contribution in [0.2, 0.25) is 10.2 Å². The molecule has 2 atom stereocenters. The number of H-pyrrole nitrogens is 1. The van der Waals surface area contributed by atoms with Gasteiger partial charge in [0.25, 0.3) is 5.91 Å². The number of fused-ring (bicyclic) bond motifs is 1. The normalized spacial score (nSPS) is 18.7. The van der Waals surface area contributed by atoms with Crippen LogP contribution in [-0.2, 0) is 0 Å². The van der Waals surface area contributed by atoms with E-state index in [1.54, 1.807) is 24.3 Å². The number of amides is 1. The molecular weight excluding hydrogens is 483 g/mol. The number of para-hydroxylation sites is 2. The van der Waals surface area contributed by atoms with Gasteiger partial charge in [-0.15, -0.1) is 0 Å². The van der Waals surface area contributed by atoms with Gasteiger partial charge in [0, 0.05) is 36.4 Å². The zero-order valence-corrected chi connectivity index (χ0v) is 21.2. The highest BCUT2D eigenvalue weighted by Crippen LogP contribution is 2.31. The van der Waals surface area contributed by atoms with Gasteiger partial charge in [-0.05, 0) is 63.4 Å². The number of piperazine rings is 1. The van der Waals surface area contributed by atoms with Crippen LogP contribution in [0.5, 0.6) is 0 Å². The molecule has 1 fully saturated rings. The molecule has 0 unspecified atom stereocenters. The van der Waals surface area contributed by atoms with Gasteiger partial charge in [0.05, 0.1) is 21.6 Å². The van der Waals surface area contributed by atoms with Gasteiger partial charge in [-0.25, -0.2) is 9.97 Å². The molecule has 0 spiro atoms. The van der Waals surface area contributed by atoms with Gasteiger partial charge in [0.1, 0.15) is 16.8 Å². The minimum Gasteiger partial charge on any atom is -0.353 e. The zero-order chi connectivity index (χ0) is 24.7. The van der Waals surface area contributed by atoms with Crippen LogP contribution in [0.3, 0.4) is 0 Å². The van der Waals surface area contributed by atoms with Crippen molar-refractivity contribution in [1.29, 1.82) is 0 Å². The number of rotatable bonds is 4. The van der Waals surface area contributed by atoms with Crippen LogP contribution < -0.4 is 10.2 Å². The number of hydrogen-bond acceptors (Lipinski definition) is 5. The average Bonchev–Trinajstić information content (AvgIpc) is 3.27. The molecule has 7 nitrogen and oxygen atoms in total. The molecule has 0 aliphatic carbocycles. The van der Waals surface area contributed by atoms with Crippen molar-refractivity contribution in [1.82, 2.24) is 19.9 Å². The predicted molar refractivity (Wildman–Crippen MR) is 143 cm³/mol. The van der Waals surface area contributed by atoms with Gasteiger partial charge in [-0.1, -0.05) is 35.3 Å². The Labute approximate surface area is 214 Å². The third kappa shape index (κ3) is 4.72. The number of benzene rings is 2. The minimum absolute atomic E-state index is 0.172. The number of hydrogen-bond donors (Lipinski definition) is 2. The van der Waals surface area contributed by atoms with Gasteiger partial charge in [0.15, 0.2) is 0 Å². The van der Waals surface area contributed by atoms with Gasteiger partial charge >= 0.3 is 0 Å². The lowest BCUT2D eigenvalue weighted by Crippen LogP contribution is -2.55. The molecule has 2 N–H and O–H groups in total. The molecule has 35 heavy (non-hydrogen) atoms. The highest BCUT2D eigenvalue weighted by molar-refractivity contribution is 6.34. The van der Waals surface area contributed by atoms with E-state index in [2.05, 4.69) is 51.0 Å². The van der Waals surface area contributed by atoms with Crippen LogP contribution in [0.4, 0.5) is 11.5 Å². The van der Waals surface area contributed by atoms with Crippen LogP contribution >= 0.6 is 23.2 Å². The first kappa shape index (κ1) is 23.6. The Morgan fingerprint density at radius 1 is 1.03 bits per heavy atom. The Morgan fingerprint density at radius 3 is 2.49 bits per heavy atom. The maximum absolute atomic E-state index is 13.0. The maximum atomic E-state index is 13.0. The van der Waals surface area contributed by atoms with Crippen molar-refractivity contribution in [2.45, 2.75) is 25.9 Å². The van der Waals surface area contributed by atoms with Crippen LogP contribution in [0.1, 0.15) is 24.2 Å². The Balaban J connectivity index is 1.36. The number of anilines is 2. The number of aromatic nitrogens is 3. The molecule has 1 amide bonds. The Kier molecular flexibility index (Phi) is 6.40. The van der Waals surface area contributed by atoms with Crippen molar-refractivity contribution < 1.29 is 4.79 Å². The van der Waals surface area contributed by atoms with Crippen molar-refractivity contribution in [2.75, 3.05) is 30.4 Å². The van der Waals surface area contributed by atoms with E-state index < -0.39 is 0 Å². The van der Waals surface area contributed by atoms with Crippen molar-refractivity contribution >= 4 is 51.6 Å². The summed E-state index contributed by atoms with van der Waals surface area (Å²) < 4.78 is 0. The fourth-order valence-electron chi connectivity index (χ4n) is 4.42. The number of halogens is 2. The van der Waals surface area contributed by atoms with Gasteiger partial charge in [-0.2, -0.15) is 0 Å². The van der Waals surface area contributed by atoms with E-state index in [1.165, 1.54) is 0 Å². The van der Waals surface area contributed by atoms with E-state index in [0.717, 1.165) is 29.9 Å². The second kappa shape index (κ2) is 9.49. The first-order chi connectivity index (χ1) is 16.8. The molecule has 9 heteroatoms. The van der Waals surface area contributed by atoms with E-state index in [-0.39, 0.29) is 11.1 Å². The molecule has 5 rings (SSSR count). The van der Waals surface area contributed by atoms with Crippen LogP contribution in [-0.4, -0.2) is 58.0 Å². The third-order valence-corrected chi connectivity index (χ3v) is 7.25. The van der Waals surface area contributed by atoms with E-state index in [4.69, 9.17) is 23.2 Å². The number of aromatic amines is 1. The summed E-state index contributed by atoms with van der Waals surface area (Å²) in [6, 6.07) is 17.4. The second-order valence-electron chi connectivity index (χ2n) is 9.03. The number of carbonyl (C=O) groups is 1. The van der Waals surface area contributed by atoms with Crippen LogP contribution in [0, 0.1) is 0 Å². The fourth-order valence-corrected chi connectivity index (χ4v) is 4.87. The molecule has 4 aromatic rings. The number of pyridine rings is 1. The van der Waals surface area contributed by atoms with E-state index in [1.807, 2.05) is 30.3 Å². The van der Waals surface area contributed by atoms with E-state index in [0.29, 0.717) is 39.7 Å². The van der Waals surface area contributed by atoms with Gasteiger partial charge < -0.3 is 15.2 Å². The zero-order valence-electron chi connectivity index (χ0n) is 19.7. The number of carbonyl (C=O) groups excluding carboxylic acids is 1. The SMILES string of the molecule is C[C@@H]1CN(c2ccc(C(=O)Nc3ccc(Cl)c(-c4nc5ccccc5[nH]4)c3)c(Cl)n2)C[C@H](C)N1C. The van der Waals surface area contributed by atoms with Crippen molar-refractivity contribution in [3.8, 4) is 11.4 Å². The van der Waals surface area contributed by atoms with Crippen molar-refractivity contribution in [3.05, 3.63) is 70.3 Å². The quantitative estimate of drug-likeness (QED) is 0.345. The summed E-state index contributed by atoms with van der Waals surface area (Å²) in [7, 11) is 2.14. The summed E-state index contributed by atoms with van der Waals surface area (Å²) in [6.45, 7) is 6.09. The fraction of sp³-hybridized carbons (Fsp3) is 0.269. The second-order valence-corrected chi connectivity index (χ2v) is 9.79. The van der Waals surface area contributed by atoms with Crippen molar-refractivity contribution in [2.24, 2.45) is 0 Å². The molecule has 1 saturated heterocycles. The summed E-state index contributed by atoms with van der Waals surface area (Å²) in [5.74, 6) is 1.07. The molecule has 0 saturated carbocycles. The van der Waals surface area contributed by atoms with Crippen LogP contribution in [0.25, 0.3) is 22.4 Å². The highest BCUT2D eigenvalue weighted by Gasteiger charge is 2.27. The number of nitrogens with zero attached hydrogens (tertiary/aromatic N) is 4. The summed E-state index contributed by atoms with van der Waals surface area (Å²) in [4.78, 5) is 30.0.